The van der Waals surface area contributed by atoms with Crippen molar-refractivity contribution in [2.24, 2.45) is 0 Å². The van der Waals surface area contributed by atoms with E-state index in [4.69, 9.17) is 4.74 Å². The standard InChI is InChI=1S/C22H18O3/c1-2-15-25-19-14-13-18(22(23)24)20(16-9-5-3-6-10-16)21(19)17-11-7-4-8-12-17/h2-14H,1,15H2,(H,23,24). The molecular formula is C22H18O3. The van der Waals surface area contributed by atoms with Crippen LogP contribution in [-0.2, 0) is 0 Å². The third-order valence-corrected chi connectivity index (χ3v) is 3.88. The van der Waals surface area contributed by atoms with Gasteiger partial charge in [0, 0.05) is 11.1 Å². The molecule has 0 fully saturated rings. The Hall–Kier alpha value is -3.33. The van der Waals surface area contributed by atoms with Crippen LogP contribution in [0.4, 0.5) is 0 Å². The summed E-state index contributed by atoms with van der Waals surface area (Å²) in [7, 11) is 0. The first-order valence-electron chi connectivity index (χ1n) is 7.97. The Bertz CT molecular complexity index is 884. The van der Waals surface area contributed by atoms with Crippen LogP contribution in [0, 0.1) is 0 Å². The molecule has 3 nitrogen and oxygen atoms in total. The number of carboxylic acids is 1. The van der Waals surface area contributed by atoms with Crippen molar-refractivity contribution in [3.05, 3.63) is 91.0 Å². The molecule has 0 aliphatic rings. The largest absolute Gasteiger partial charge is 0.489 e. The van der Waals surface area contributed by atoms with Crippen molar-refractivity contribution in [3.63, 3.8) is 0 Å². The Morgan fingerprint density at radius 3 is 1.96 bits per heavy atom. The molecule has 3 aromatic rings. The molecule has 3 rings (SSSR count). The molecule has 0 aromatic heterocycles. The van der Waals surface area contributed by atoms with Crippen LogP contribution in [0.1, 0.15) is 10.4 Å². The summed E-state index contributed by atoms with van der Waals surface area (Å²) < 4.78 is 5.83. The minimum atomic E-state index is -0.966. The topological polar surface area (TPSA) is 46.5 Å². The van der Waals surface area contributed by atoms with Gasteiger partial charge in [-0.15, -0.1) is 0 Å². The maximum absolute atomic E-state index is 11.8. The van der Waals surface area contributed by atoms with E-state index in [-0.39, 0.29) is 5.56 Å². The van der Waals surface area contributed by atoms with Crippen molar-refractivity contribution in [3.8, 4) is 28.0 Å². The zero-order valence-corrected chi connectivity index (χ0v) is 13.7. The fourth-order valence-corrected chi connectivity index (χ4v) is 2.83. The average Bonchev–Trinajstić information content (AvgIpc) is 2.66. The van der Waals surface area contributed by atoms with Gasteiger partial charge in [0.05, 0.1) is 5.56 Å². The normalized spacial score (nSPS) is 10.2. The molecule has 0 aliphatic carbocycles. The fraction of sp³-hybridized carbons (Fsp3) is 0.0455. The van der Waals surface area contributed by atoms with Crippen LogP contribution >= 0.6 is 0 Å². The SMILES string of the molecule is C=CCOc1ccc(C(=O)O)c(-c2ccccc2)c1-c1ccccc1. The van der Waals surface area contributed by atoms with Gasteiger partial charge in [0.2, 0.25) is 0 Å². The molecule has 124 valence electrons. The molecule has 0 saturated heterocycles. The highest BCUT2D eigenvalue weighted by molar-refractivity contribution is 6.02. The van der Waals surface area contributed by atoms with Crippen molar-refractivity contribution in [2.45, 2.75) is 0 Å². The summed E-state index contributed by atoms with van der Waals surface area (Å²) in [6.45, 7) is 4.03. The number of carbonyl (C=O) groups is 1. The summed E-state index contributed by atoms with van der Waals surface area (Å²) in [6.07, 6.45) is 1.67. The van der Waals surface area contributed by atoms with E-state index >= 15 is 0 Å². The van der Waals surface area contributed by atoms with Gasteiger partial charge in [-0.2, -0.15) is 0 Å². The number of hydrogen-bond acceptors (Lipinski definition) is 2. The molecule has 3 heteroatoms. The fourth-order valence-electron chi connectivity index (χ4n) is 2.83. The predicted octanol–water partition coefficient (Wildman–Crippen LogP) is 5.28. The van der Waals surface area contributed by atoms with Crippen molar-refractivity contribution in [1.82, 2.24) is 0 Å². The van der Waals surface area contributed by atoms with E-state index in [1.807, 2.05) is 60.7 Å². The first-order chi connectivity index (χ1) is 12.2. The quantitative estimate of drug-likeness (QED) is 0.625. The second kappa shape index (κ2) is 7.49. The third kappa shape index (κ3) is 3.45. The van der Waals surface area contributed by atoms with Gasteiger partial charge in [-0.1, -0.05) is 73.3 Å². The first kappa shape index (κ1) is 16.5. The first-order valence-corrected chi connectivity index (χ1v) is 7.97. The lowest BCUT2D eigenvalue weighted by Gasteiger charge is -2.18. The molecule has 0 amide bonds. The van der Waals surface area contributed by atoms with Gasteiger partial charge in [0.15, 0.2) is 0 Å². The number of ether oxygens (including phenoxy) is 1. The van der Waals surface area contributed by atoms with E-state index in [0.29, 0.717) is 17.9 Å². The molecule has 25 heavy (non-hydrogen) atoms. The summed E-state index contributed by atoms with van der Waals surface area (Å²) in [6, 6.07) is 22.5. The summed E-state index contributed by atoms with van der Waals surface area (Å²) in [5, 5.41) is 9.71. The lowest BCUT2D eigenvalue weighted by molar-refractivity contribution is 0.0697. The number of aromatic carboxylic acids is 1. The third-order valence-electron chi connectivity index (χ3n) is 3.88. The van der Waals surface area contributed by atoms with Gasteiger partial charge in [-0.25, -0.2) is 4.79 Å². The Kier molecular flexibility index (Phi) is 4.95. The van der Waals surface area contributed by atoms with Gasteiger partial charge < -0.3 is 9.84 Å². The monoisotopic (exact) mass is 330 g/mol. The second-order valence-electron chi connectivity index (χ2n) is 5.50. The number of hydrogen-bond donors (Lipinski definition) is 1. The highest BCUT2D eigenvalue weighted by Crippen LogP contribution is 2.41. The molecule has 0 heterocycles. The zero-order valence-electron chi connectivity index (χ0n) is 13.7. The Morgan fingerprint density at radius 1 is 0.880 bits per heavy atom. The molecule has 3 aromatic carbocycles. The van der Waals surface area contributed by atoms with Crippen LogP contribution in [0.15, 0.2) is 85.5 Å². The number of carboxylic acid groups (broad SMARTS) is 1. The average molecular weight is 330 g/mol. The smallest absolute Gasteiger partial charge is 0.336 e. The van der Waals surface area contributed by atoms with E-state index < -0.39 is 5.97 Å². The van der Waals surface area contributed by atoms with Gasteiger partial charge in [-0.05, 0) is 23.3 Å². The van der Waals surface area contributed by atoms with Crippen LogP contribution < -0.4 is 4.74 Å². The summed E-state index contributed by atoms with van der Waals surface area (Å²) in [5.74, 6) is -0.332. The highest BCUT2D eigenvalue weighted by Gasteiger charge is 2.21. The summed E-state index contributed by atoms with van der Waals surface area (Å²) in [5.41, 5.74) is 3.41. The van der Waals surface area contributed by atoms with Crippen LogP contribution in [0.5, 0.6) is 5.75 Å². The van der Waals surface area contributed by atoms with Crippen LogP contribution in [-0.4, -0.2) is 17.7 Å². The molecule has 0 radical (unpaired) electrons. The van der Waals surface area contributed by atoms with Crippen molar-refractivity contribution < 1.29 is 14.6 Å². The molecule has 0 spiro atoms. The Morgan fingerprint density at radius 2 is 1.44 bits per heavy atom. The zero-order chi connectivity index (χ0) is 17.6. The molecule has 0 unspecified atom stereocenters. The minimum Gasteiger partial charge on any atom is -0.489 e. The van der Waals surface area contributed by atoms with E-state index in [1.54, 1.807) is 18.2 Å². The maximum atomic E-state index is 11.8. The summed E-state index contributed by atoms with van der Waals surface area (Å²) in [4.78, 5) is 11.8. The van der Waals surface area contributed by atoms with Crippen molar-refractivity contribution >= 4 is 5.97 Å². The predicted molar refractivity (Wildman–Crippen MR) is 100.0 cm³/mol. The van der Waals surface area contributed by atoms with E-state index in [9.17, 15) is 9.90 Å². The molecule has 0 bridgehead atoms. The van der Waals surface area contributed by atoms with Crippen LogP contribution in [0.3, 0.4) is 0 Å². The molecule has 0 aliphatic heterocycles. The highest BCUT2D eigenvalue weighted by atomic mass is 16.5. The lowest BCUT2D eigenvalue weighted by atomic mass is 9.89. The second-order valence-corrected chi connectivity index (χ2v) is 5.50. The molecule has 0 atom stereocenters. The van der Waals surface area contributed by atoms with Crippen molar-refractivity contribution in [2.75, 3.05) is 6.61 Å². The van der Waals surface area contributed by atoms with Gasteiger partial charge >= 0.3 is 5.97 Å². The number of benzene rings is 3. The number of rotatable bonds is 6. The van der Waals surface area contributed by atoms with Crippen molar-refractivity contribution in [1.29, 1.82) is 0 Å². The Labute approximate surface area is 146 Å². The minimum absolute atomic E-state index is 0.246. The lowest BCUT2D eigenvalue weighted by Crippen LogP contribution is -2.04. The van der Waals surface area contributed by atoms with E-state index in [2.05, 4.69) is 6.58 Å². The molecule has 1 N–H and O–H groups in total. The van der Waals surface area contributed by atoms with Gasteiger partial charge in [0.25, 0.3) is 0 Å². The van der Waals surface area contributed by atoms with Crippen LogP contribution in [0.25, 0.3) is 22.3 Å². The van der Waals surface area contributed by atoms with Gasteiger partial charge in [0.1, 0.15) is 12.4 Å². The molecule has 0 saturated carbocycles. The van der Waals surface area contributed by atoms with E-state index in [1.165, 1.54) is 0 Å². The molecular weight excluding hydrogens is 312 g/mol. The van der Waals surface area contributed by atoms with E-state index in [0.717, 1.165) is 16.7 Å². The maximum Gasteiger partial charge on any atom is 0.336 e. The Balaban J connectivity index is 2.35. The van der Waals surface area contributed by atoms with Crippen LogP contribution in [0.2, 0.25) is 0 Å². The van der Waals surface area contributed by atoms with Gasteiger partial charge in [-0.3, -0.25) is 0 Å². The summed E-state index contributed by atoms with van der Waals surface area (Å²) >= 11 is 0.